The van der Waals surface area contributed by atoms with Gasteiger partial charge in [0.25, 0.3) is 0 Å². The van der Waals surface area contributed by atoms with Crippen molar-refractivity contribution in [2.45, 2.75) is 45.2 Å². The van der Waals surface area contributed by atoms with E-state index in [4.69, 9.17) is 0 Å². The normalized spacial score (nSPS) is 16.4. The molecule has 0 saturated carbocycles. The van der Waals surface area contributed by atoms with Gasteiger partial charge in [0.05, 0.1) is 6.04 Å². The van der Waals surface area contributed by atoms with Gasteiger partial charge >= 0.3 is 0 Å². The van der Waals surface area contributed by atoms with Gasteiger partial charge in [0.15, 0.2) is 5.82 Å². The van der Waals surface area contributed by atoms with Gasteiger partial charge in [0.2, 0.25) is 0 Å². The van der Waals surface area contributed by atoms with Gasteiger partial charge in [-0.25, -0.2) is 4.68 Å². The lowest BCUT2D eigenvalue weighted by Gasteiger charge is -2.38. The Kier molecular flexibility index (Phi) is 8.78. The van der Waals surface area contributed by atoms with E-state index in [9.17, 15) is 0 Å². The van der Waals surface area contributed by atoms with Crippen LogP contribution in [0.5, 0.6) is 0 Å². The first-order chi connectivity index (χ1) is 16.3. The standard InChI is InChI=1S/C27H36N6/c1-2-3-19-33-27(28-29-30-33)26(17-16-25-13-8-5-9-14-25)32-22-20-31(21-23-32)18-10-15-24-11-6-4-7-12-24/h4-15,26H,2-3,16-23H2,1H3/b15-10+. The first kappa shape index (κ1) is 23.3. The van der Waals surface area contributed by atoms with E-state index in [2.05, 4.69) is 105 Å². The maximum absolute atomic E-state index is 4.49. The number of aryl methyl sites for hydroxylation is 2. The van der Waals surface area contributed by atoms with Crippen LogP contribution in [0.4, 0.5) is 0 Å². The third-order valence-electron chi connectivity index (χ3n) is 6.45. The Balaban J connectivity index is 1.38. The SMILES string of the molecule is CCCCn1nnnc1C(CCc1ccccc1)N1CCN(C/C=C/c2ccccc2)CC1. The molecule has 1 aliphatic heterocycles. The van der Waals surface area contributed by atoms with E-state index < -0.39 is 0 Å². The minimum absolute atomic E-state index is 0.249. The number of hydrogen-bond donors (Lipinski definition) is 0. The number of benzene rings is 2. The Morgan fingerprint density at radius 2 is 1.67 bits per heavy atom. The molecule has 0 N–H and O–H groups in total. The summed E-state index contributed by atoms with van der Waals surface area (Å²) in [6.07, 6.45) is 8.81. The molecule has 1 atom stereocenters. The fraction of sp³-hybridized carbons (Fsp3) is 0.444. The lowest BCUT2D eigenvalue weighted by molar-refractivity contribution is 0.0925. The quantitative estimate of drug-likeness (QED) is 0.436. The van der Waals surface area contributed by atoms with Crippen molar-refractivity contribution in [1.29, 1.82) is 0 Å². The van der Waals surface area contributed by atoms with E-state index >= 15 is 0 Å². The van der Waals surface area contributed by atoms with Crippen LogP contribution in [0.15, 0.2) is 66.7 Å². The van der Waals surface area contributed by atoms with Crippen molar-refractivity contribution >= 4 is 6.08 Å². The van der Waals surface area contributed by atoms with Gasteiger partial charge in [-0.1, -0.05) is 86.2 Å². The summed E-state index contributed by atoms with van der Waals surface area (Å²) in [7, 11) is 0. The molecule has 3 aromatic rings. The fourth-order valence-electron chi connectivity index (χ4n) is 4.50. The summed E-state index contributed by atoms with van der Waals surface area (Å²) in [5.74, 6) is 1.02. The van der Waals surface area contributed by atoms with Crippen molar-refractivity contribution in [1.82, 2.24) is 30.0 Å². The molecular formula is C27H36N6. The predicted molar refractivity (Wildman–Crippen MR) is 134 cm³/mol. The van der Waals surface area contributed by atoms with Crippen LogP contribution in [0.1, 0.15) is 49.2 Å². The first-order valence-electron chi connectivity index (χ1n) is 12.3. The number of tetrazole rings is 1. The van der Waals surface area contributed by atoms with Crippen LogP contribution in [0.2, 0.25) is 0 Å². The summed E-state index contributed by atoms with van der Waals surface area (Å²) >= 11 is 0. The van der Waals surface area contributed by atoms with E-state index in [-0.39, 0.29) is 6.04 Å². The van der Waals surface area contributed by atoms with Gasteiger partial charge in [-0.2, -0.15) is 0 Å². The summed E-state index contributed by atoms with van der Waals surface area (Å²) in [6.45, 7) is 8.31. The average Bonchev–Trinajstić information content (AvgIpc) is 3.33. The molecule has 2 aromatic carbocycles. The summed E-state index contributed by atoms with van der Waals surface area (Å²) in [6, 6.07) is 21.5. The number of piperazine rings is 1. The smallest absolute Gasteiger partial charge is 0.168 e. The third kappa shape index (κ3) is 6.83. The molecule has 0 spiro atoms. The minimum Gasteiger partial charge on any atom is -0.297 e. The van der Waals surface area contributed by atoms with Crippen LogP contribution in [-0.4, -0.2) is 62.7 Å². The molecule has 1 saturated heterocycles. The third-order valence-corrected chi connectivity index (χ3v) is 6.45. The zero-order chi connectivity index (χ0) is 22.7. The molecule has 1 aromatic heterocycles. The molecule has 2 heterocycles. The second-order valence-electron chi connectivity index (χ2n) is 8.80. The van der Waals surface area contributed by atoms with Crippen LogP contribution >= 0.6 is 0 Å². The van der Waals surface area contributed by atoms with E-state index in [1.165, 1.54) is 11.1 Å². The Morgan fingerprint density at radius 3 is 2.39 bits per heavy atom. The summed E-state index contributed by atoms with van der Waals surface area (Å²) < 4.78 is 2.04. The lowest BCUT2D eigenvalue weighted by Crippen LogP contribution is -2.48. The molecule has 1 fully saturated rings. The molecule has 33 heavy (non-hydrogen) atoms. The summed E-state index contributed by atoms with van der Waals surface area (Å²) in [5, 5.41) is 12.9. The highest BCUT2D eigenvalue weighted by Crippen LogP contribution is 2.26. The summed E-state index contributed by atoms with van der Waals surface area (Å²) in [5.41, 5.74) is 2.63. The lowest BCUT2D eigenvalue weighted by atomic mass is 10.0. The van der Waals surface area contributed by atoms with Gasteiger partial charge in [-0.3, -0.25) is 9.80 Å². The molecular weight excluding hydrogens is 408 g/mol. The van der Waals surface area contributed by atoms with Crippen LogP contribution in [0, 0.1) is 0 Å². The van der Waals surface area contributed by atoms with Gasteiger partial charge in [0.1, 0.15) is 0 Å². The largest absolute Gasteiger partial charge is 0.297 e. The van der Waals surface area contributed by atoms with Crippen LogP contribution < -0.4 is 0 Å². The van der Waals surface area contributed by atoms with Crippen molar-refractivity contribution in [3.05, 3.63) is 83.7 Å². The Hall–Kier alpha value is -2.83. The molecule has 4 rings (SSSR count). The van der Waals surface area contributed by atoms with E-state index in [1.54, 1.807) is 0 Å². The van der Waals surface area contributed by atoms with E-state index in [1.807, 2.05) is 4.68 Å². The number of aromatic nitrogens is 4. The molecule has 0 aliphatic carbocycles. The minimum atomic E-state index is 0.249. The predicted octanol–water partition coefficient (Wildman–Crippen LogP) is 4.48. The summed E-state index contributed by atoms with van der Waals surface area (Å²) in [4.78, 5) is 5.12. The van der Waals surface area contributed by atoms with E-state index in [0.29, 0.717) is 0 Å². The molecule has 6 nitrogen and oxygen atoms in total. The number of nitrogens with zero attached hydrogens (tertiary/aromatic N) is 6. The topological polar surface area (TPSA) is 50.1 Å². The molecule has 174 valence electrons. The Bertz CT molecular complexity index is 961. The Labute approximate surface area is 197 Å². The maximum atomic E-state index is 4.49. The zero-order valence-corrected chi connectivity index (χ0v) is 19.8. The highest BCUT2D eigenvalue weighted by molar-refractivity contribution is 5.48. The number of unbranched alkanes of at least 4 members (excludes halogenated alkanes) is 1. The zero-order valence-electron chi connectivity index (χ0n) is 19.8. The Morgan fingerprint density at radius 1 is 0.939 bits per heavy atom. The van der Waals surface area contributed by atoms with Crippen molar-refractivity contribution in [3.8, 4) is 0 Å². The van der Waals surface area contributed by atoms with Gasteiger partial charge in [0, 0.05) is 39.3 Å². The monoisotopic (exact) mass is 444 g/mol. The second kappa shape index (κ2) is 12.4. The first-order valence-corrected chi connectivity index (χ1v) is 12.3. The van der Waals surface area contributed by atoms with Crippen LogP contribution in [-0.2, 0) is 13.0 Å². The van der Waals surface area contributed by atoms with Crippen molar-refractivity contribution in [3.63, 3.8) is 0 Å². The molecule has 0 amide bonds. The van der Waals surface area contributed by atoms with Crippen LogP contribution in [0.3, 0.4) is 0 Å². The van der Waals surface area contributed by atoms with Crippen molar-refractivity contribution < 1.29 is 0 Å². The van der Waals surface area contributed by atoms with E-state index in [0.717, 1.165) is 70.8 Å². The molecule has 0 bridgehead atoms. The highest BCUT2D eigenvalue weighted by Gasteiger charge is 2.28. The maximum Gasteiger partial charge on any atom is 0.168 e. The molecule has 6 heteroatoms. The molecule has 0 radical (unpaired) electrons. The van der Waals surface area contributed by atoms with Gasteiger partial charge < -0.3 is 0 Å². The van der Waals surface area contributed by atoms with Crippen molar-refractivity contribution in [2.75, 3.05) is 32.7 Å². The average molecular weight is 445 g/mol. The second-order valence-corrected chi connectivity index (χ2v) is 8.80. The van der Waals surface area contributed by atoms with Crippen molar-refractivity contribution in [2.24, 2.45) is 0 Å². The van der Waals surface area contributed by atoms with Gasteiger partial charge in [-0.15, -0.1) is 5.10 Å². The van der Waals surface area contributed by atoms with Gasteiger partial charge in [-0.05, 0) is 40.8 Å². The molecule has 1 unspecified atom stereocenters. The molecule has 1 aliphatic rings. The number of hydrogen-bond acceptors (Lipinski definition) is 5. The van der Waals surface area contributed by atoms with Crippen LogP contribution in [0.25, 0.3) is 6.08 Å². The highest BCUT2D eigenvalue weighted by atomic mass is 15.5. The fourth-order valence-corrected chi connectivity index (χ4v) is 4.50. The number of rotatable bonds is 11.